The van der Waals surface area contributed by atoms with Crippen molar-refractivity contribution in [3.8, 4) is 0 Å². The fraction of sp³-hybridized carbons (Fsp3) is 0.250. The van der Waals surface area contributed by atoms with E-state index in [0.717, 1.165) is 12.8 Å². The van der Waals surface area contributed by atoms with Crippen LogP contribution in [0.2, 0.25) is 0 Å². The Balaban J connectivity index is 2.23. The highest BCUT2D eigenvalue weighted by atomic mass is 16.5. The number of amides is 1. The number of ether oxygens (including phenoxy) is 2. The zero-order chi connectivity index (χ0) is 18.9. The lowest BCUT2D eigenvalue weighted by atomic mass is 10.1. The van der Waals surface area contributed by atoms with Gasteiger partial charge in [-0.05, 0) is 30.7 Å². The zero-order valence-electron chi connectivity index (χ0n) is 14.8. The molecule has 0 aromatic heterocycles. The highest BCUT2D eigenvalue weighted by Crippen LogP contribution is 2.19. The van der Waals surface area contributed by atoms with Gasteiger partial charge in [-0.2, -0.15) is 0 Å². The molecule has 1 N–H and O–H groups in total. The van der Waals surface area contributed by atoms with E-state index >= 15 is 0 Å². The normalized spacial score (nSPS) is 10.1. The lowest BCUT2D eigenvalue weighted by Crippen LogP contribution is -2.19. The molecule has 6 heteroatoms. The molecule has 136 valence electrons. The van der Waals surface area contributed by atoms with Crippen molar-refractivity contribution in [2.75, 3.05) is 19.0 Å². The smallest absolute Gasteiger partial charge is 0.340 e. The number of nitrogens with one attached hydrogen (secondary N) is 1. The van der Waals surface area contributed by atoms with Crippen LogP contribution in [0.15, 0.2) is 48.5 Å². The van der Waals surface area contributed by atoms with Gasteiger partial charge >= 0.3 is 11.9 Å². The van der Waals surface area contributed by atoms with E-state index in [1.807, 2.05) is 6.92 Å². The first-order valence-electron chi connectivity index (χ1n) is 8.33. The van der Waals surface area contributed by atoms with E-state index in [1.165, 1.54) is 19.2 Å². The van der Waals surface area contributed by atoms with E-state index < -0.39 is 17.8 Å². The Bertz CT molecular complexity index is 800. The molecule has 0 spiro atoms. The third-order valence-electron chi connectivity index (χ3n) is 3.70. The standard InChI is InChI=1S/C20H21NO5/c1-3-4-13-26-20(24)16-11-7-8-12-17(16)21-18(22)14-9-5-6-10-15(14)19(23)25-2/h5-12H,3-4,13H2,1-2H3,(H,21,22). The molecule has 2 rings (SSSR count). The van der Waals surface area contributed by atoms with Gasteiger partial charge in [-0.1, -0.05) is 37.6 Å². The number of para-hydroxylation sites is 1. The lowest BCUT2D eigenvalue weighted by molar-refractivity contribution is 0.0500. The van der Waals surface area contributed by atoms with Gasteiger partial charge in [0, 0.05) is 0 Å². The molecule has 1 amide bonds. The van der Waals surface area contributed by atoms with E-state index in [1.54, 1.807) is 36.4 Å². The fourth-order valence-corrected chi connectivity index (χ4v) is 2.32. The van der Waals surface area contributed by atoms with E-state index in [0.29, 0.717) is 12.3 Å². The van der Waals surface area contributed by atoms with Gasteiger partial charge in [0.2, 0.25) is 0 Å². The maximum Gasteiger partial charge on any atom is 0.340 e. The molecule has 0 fully saturated rings. The first kappa shape index (κ1) is 19.2. The first-order chi connectivity index (χ1) is 12.6. The Kier molecular flexibility index (Phi) is 6.91. The zero-order valence-corrected chi connectivity index (χ0v) is 14.8. The van der Waals surface area contributed by atoms with Crippen molar-refractivity contribution in [1.82, 2.24) is 0 Å². The fourth-order valence-electron chi connectivity index (χ4n) is 2.32. The van der Waals surface area contributed by atoms with Crippen molar-refractivity contribution in [2.24, 2.45) is 0 Å². The molecule has 0 bridgehead atoms. The van der Waals surface area contributed by atoms with Crippen LogP contribution in [0.25, 0.3) is 0 Å². The summed E-state index contributed by atoms with van der Waals surface area (Å²) in [7, 11) is 1.25. The molecule has 26 heavy (non-hydrogen) atoms. The quantitative estimate of drug-likeness (QED) is 0.605. The molecular formula is C20H21NO5. The molecule has 0 radical (unpaired) electrons. The number of carbonyl (C=O) groups excluding carboxylic acids is 3. The summed E-state index contributed by atoms with van der Waals surface area (Å²) >= 11 is 0. The first-order valence-corrected chi connectivity index (χ1v) is 8.33. The van der Waals surface area contributed by atoms with Crippen molar-refractivity contribution in [3.63, 3.8) is 0 Å². The number of anilines is 1. The number of rotatable bonds is 7. The summed E-state index contributed by atoms with van der Waals surface area (Å²) in [4.78, 5) is 36.7. The largest absolute Gasteiger partial charge is 0.465 e. The maximum atomic E-state index is 12.6. The summed E-state index contributed by atoms with van der Waals surface area (Å²) in [6.45, 7) is 2.32. The van der Waals surface area contributed by atoms with Crippen LogP contribution >= 0.6 is 0 Å². The second-order valence-electron chi connectivity index (χ2n) is 5.53. The van der Waals surface area contributed by atoms with Gasteiger partial charge in [-0.3, -0.25) is 4.79 Å². The Morgan fingerprint density at radius 2 is 1.50 bits per heavy atom. The van der Waals surface area contributed by atoms with Gasteiger partial charge in [-0.15, -0.1) is 0 Å². The SMILES string of the molecule is CCCCOC(=O)c1ccccc1NC(=O)c1ccccc1C(=O)OC. The molecule has 6 nitrogen and oxygen atoms in total. The van der Waals surface area contributed by atoms with Crippen LogP contribution in [-0.4, -0.2) is 31.6 Å². The highest BCUT2D eigenvalue weighted by Gasteiger charge is 2.19. The molecule has 0 aliphatic heterocycles. The van der Waals surface area contributed by atoms with Gasteiger partial charge in [0.15, 0.2) is 0 Å². The molecule has 0 heterocycles. The van der Waals surface area contributed by atoms with Crippen LogP contribution in [-0.2, 0) is 9.47 Å². The second kappa shape index (κ2) is 9.36. The summed E-state index contributed by atoms with van der Waals surface area (Å²) in [6.07, 6.45) is 1.68. The Hall–Kier alpha value is -3.15. The average Bonchev–Trinajstić information content (AvgIpc) is 2.67. The topological polar surface area (TPSA) is 81.7 Å². The van der Waals surface area contributed by atoms with E-state index in [4.69, 9.17) is 9.47 Å². The van der Waals surface area contributed by atoms with Crippen molar-refractivity contribution in [1.29, 1.82) is 0 Å². The summed E-state index contributed by atoms with van der Waals surface area (Å²) in [5.41, 5.74) is 0.884. The number of hydrogen-bond donors (Lipinski definition) is 1. The average molecular weight is 355 g/mol. The summed E-state index contributed by atoms with van der Waals surface area (Å²) in [5.74, 6) is -1.63. The lowest BCUT2D eigenvalue weighted by Gasteiger charge is -2.12. The monoisotopic (exact) mass is 355 g/mol. The van der Waals surface area contributed by atoms with Crippen LogP contribution < -0.4 is 5.32 Å². The summed E-state index contributed by atoms with van der Waals surface area (Å²) < 4.78 is 9.91. The van der Waals surface area contributed by atoms with Crippen molar-refractivity contribution in [2.45, 2.75) is 19.8 Å². The minimum Gasteiger partial charge on any atom is -0.465 e. The van der Waals surface area contributed by atoms with Gasteiger partial charge in [0.1, 0.15) is 0 Å². The van der Waals surface area contributed by atoms with Crippen molar-refractivity contribution >= 4 is 23.5 Å². The third kappa shape index (κ3) is 4.69. The van der Waals surface area contributed by atoms with Crippen molar-refractivity contribution in [3.05, 3.63) is 65.2 Å². The van der Waals surface area contributed by atoms with Gasteiger partial charge < -0.3 is 14.8 Å². The molecule has 0 aliphatic rings. The van der Waals surface area contributed by atoms with Gasteiger partial charge in [0.25, 0.3) is 5.91 Å². The van der Waals surface area contributed by atoms with E-state index in [-0.39, 0.29) is 16.7 Å². The molecule has 0 saturated heterocycles. The van der Waals surface area contributed by atoms with Gasteiger partial charge in [-0.25, -0.2) is 9.59 Å². The molecule has 0 aliphatic carbocycles. The summed E-state index contributed by atoms with van der Waals surface area (Å²) in [5, 5.41) is 2.67. The molecule has 0 atom stereocenters. The van der Waals surface area contributed by atoms with E-state index in [2.05, 4.69) is 5.32 Å². The maximum absolute atomic E-state index is 12.6. The highest BCUT2D eigenvalue weighted by molar-refractivity contribution is 6.12. The summed E-state index contributed by atoms with van der Waals surface area (Å²) in [6, 6.07) is 12.9. The number of esters is 2. The van der Waals surface area contributed by atoms with Crippen LogP contribution in [0, 0.1) is 0 Å². The molecule has 2 aromatic carbocycles. The van der Waals surface area contributed by atoms with Crippen LogP contribution in [0.1, 0.15) is 50.8 Å². The minimum absolute atomic E-state index is 0.149. The molecule has 0 unspecified atom stereocenters. The van der Waals surface area contributed by atoms with Crippen molar-refractivity contribution < 1.29 is 23.9 Å². The number of carbonyl (C=O) groups is 3. The Labute approximate surface area is 152 Å². The van der Waals surface area contributed by atoms with E-state index in [9.17, 15) is 14.4 Å². The van der Waals surface area contributed by atoms with Crippen LogP contribution in [0.4, 0.5) is 5.69 Å². The van der Waals surface area contributed by atoms with Gasteiger partial charge in [0.05, 0.1) is 36.1 Å². The number of methoxy groups -OCH3 is 1. The predicted octanol–water partition coefficient (Wildman–Crippen LogP) is 3.68. The number of hydrogen-bond acceptors (Lipinski definition) is 5. The number of unbranched alkanes of at least 4 members (excludes halogenated alkanes) is 1. The molecular weight excluding hydrogens is 334 g/mol. The minimum atomic E-state index is -0.608. The Morgan fingerprint density at radius 3 is 2.15 bits per heavy atom. The molecule has 0 saturated carbocycles. The third-order valence-corrected chi connectivity index (χ3v) is 3.70. The van der Waals surface area contributed by atoms with Crippen LogP contribution in [0.5, 0.6) is 0 Å². The number of benzene rings is 2. The second-order valence-corrected chi connectivity index (χ2v) is 5.53. The predicted molar refractivity (Wildman–Crippen MR) is 97.4 cm³/mol. The molecule has 2 aromatic rings. The van der Waals surface area contributed by atoms with Crippen LogP contribution in [0.3, 0.4) is 0 Å². The Morgan fingerprint density at radius 1 is 0.885 bits per heavy atom.